The van der Waals surface area contributed by atoms with E-state index in [1.807, 2.05) is 31.2 Å². The first-order chi connectivity index (χ1) is 8.80. The van der Waals surface area contributed by atoms with Gasteiger partial charge >= 0.3 is 0 Å². The maximum atomic E-state index is 11.9. The molecule has 1 N–H and O–H groups in total. The minimum atomic E-state index is -0.0114. The van der Waals surface area contributed by atoms with Crippen LogP contribution < -0.4 is 5.32 Å². The molecule has 0 heterocycles. The molecule has 0 aliphatic heterocycles. The molecule has 0 aliphatic carbocycles. The molecule has 2 nitrogen and oxygen atoms in total. The second kappa shape index (κ2) is 6.95. The van der Waals surface area contributed by atoms with Crippen LogP contribution in [-0.4, -0.2) is 17.8 Å². The summed E-state index contributed by atoms with van der Waals surface area (Å²) in [5, 5.41) is 3.08. The number of alkyl halides is 1. The molecule has 1 aromatic rings. The Morgan fingerprint density at radius 3 is 2.32 bits per heavy atom. The highest BCUT2D eigenvalue weighted by Crippen LogP contribution is 2.22. The number of carbonyl (C=O) groups is 1. The van der Waals surface area contributed by atoms with E-state index in [1.165, 1.54) is 5.56 Å². The Hall–Kier alpha value is -1.02. The SMILES string of the molecule is CC(Cl)CCCNC(=O)c1ccc(C(C)(C)C)cc1. The summed E-state index contributed by atoms with van der Waals surface area (Å²) in [6.45, 7) is 9.13. The zero-order valence-electron chi connectivity index (χ0n) is 12.3. The molecule has 0 aromatic heterocycles. The van der Waals surface area contributed by atoms with Crippen molar-refractivity contribution in [3.05, 3.63) is 35.4 Å². The average Bonchev–Trinajstić information content (AvgIpc) is 2.33. The zero-order chi connectivity index (χ0) is 14.5. The molecule has 0 saturated heterocycles. The molecular formula is C16H24ClNO. The van der Waals surface area contributed by atoms with Gasteiger partial charge in [-0.2, -0.15) is 0 Å². The van der Waals surface area contributed by atoms with Crippen molar-refractivity contribution >= 4 is 17.5 Å². The molecule has 1 rings (SSSR count). The van der Waals surface area contributed by atoms with Crippen LogP contribution in [-0.2, 0) is 5.41 Å². The third kappa shape index (κ3) is 5.65. The van der Waals surface area contributed by atoms with Gasteiger partial charge in [0, 0.05) is 17.5 Å². The van der Waals surface area contributed by atoms with Crippen LogP contribution in [0.5, 0.6) is 0 Å². The van der Waals surface area contributed by atoms with Gasteiger partial charge in [0.05, 0.1) is 0 Å². The number of rotatable bonds is 5. The summed E-state index contributed by atoms with van der Waals surface area (Å²) in [7, 11) is 0. The molecule has 1 unspecified atom stereocenters. The van der Waals surface area contributed by atoms with Crippen molar-refractivity contribution in [3.8, 4) is 0 Å². The maximum absolute atomic E-state index is 11.9. The van der Waals surface area contributed by atoms with Crippen LogP contribution in [0.1, 0.15) is 56.5 Å². The van der Waals surface area contributed by atoms with Gasteiger partial charge in [-0.1, -0.05) is 32.9 Å². The quantitative estimate of drug-likeness (QED) is 0.638. The molecule has 0 radical (unpaired) electrons. The summed E-state index contributed by atoms with van der Waals surface area (Å²) in [5.74, 6) is -0.0114. The maximum Gasteiger partial charge on any atom is 0.251 e. The summed E-state index contributed by atoms with van der Waals surface area (Å²) < 4.78 is 0. The molecule has 0 fully saturated rings. The third-order valence-corrected chi connectivity index (χ3v) is 3.30. The number of hydrogen-bond donors (Lipinski definition) is 1. The highest BCUT2D eigenvalue weighted by molar-refractivity contribution is 6.20. The third-order valence-electron chi connectivity index (χ3n) is 3.08. The fourth-order valence-corrected chi connectivity index (χ4v) is 1.96. The van der Waals surface area contributed by atoms with Gasteiger partial charge in [-0.25, -0.2) is 0 Å². The Morgan fingerprint density at radius 1 is 1.26 bits per heavy atom. The van der Waals surface area contributed by atoms with Crippen LogP contribution >= 0.6 is 11.6 Å². The Kier molecular flexibility index (Phi) is 5.86. The Bertz CT molecular complexity index is 404. The minimum Gasteiger partial charge on any atom is -0.352 e. The lowest BCUT2D eigenvalue weighted by Gasteiger charge is -2.19. The summed E-state index contributed by atoms with van der Waals surface area (Å²) in [6.07, 6.45) is 1.83. The lowest BCUT2D eigenvalue weighted by Crippen LogP contribution is -2.25. The van der Waals surface area contributed by atoms with E-state index in [2.05, 4.69) is 26.1 Å². The van der Waals surface area contributed by atoms with Gasteiger partial charge in [-0.05, 0) is 42.9 Å². The van der Waals surface area contributed by atoms with Gasteiger partial charge in [0.15, 0.2) is 0 Å². The van der Waals surface area contributed by atoms with Crippen LogP contribution in [0.15, 0.2) is 24.3 Å². The zero-order valence-corrected chi connectivity index (χ0v) is 13.1. The van der Waals surface area contributed by atoms with E-state index < -0.39 is 0 Å². The second-order valence-corrected chi connectivity index (χ2v) is 6.75. The van der Waals surface area contributed by atoms with E-state index >= 15 is 0 Å². The summed E-state index contributed by atoms with van der Waals surface area (Å²) >= 11 is 5.86. The topological polar surface area (TPSA) is 29.1 Å². The van der Waals surface area contributed by atoms with Crippen molar-refractivity contribution in [1.29, 1.82) is 0 Å². The lowest BCUT2D eigenvalue weighted by atomic mass is 9.87. The van der Waals surface area contributed by atoms with Crippen molar-refractivity contribution < 1.29 is 4.79 Å². The summed E-state index contributed by atoms with van der Waals surface area (Å²) in [4.78, 5) is 11.9. The summed E-state index contributed by atoms with van der Waals surface area (Å²) in [5.41, 5.74) is 2.07. The van der Waals surface area contributed by atoms with E-state index in [4.69, 9.17) is 11.6 Å². The highest BCUT2D eigenvalue weighted by Gasteiger charge is 2.14. The molecule has 19 heavy (non-hydrogen) atoms. The van der Waals surface area contributed by atoms with E-state index in [9.17, 15) is 4.79 Å². The van der Waals surface area contributed by atoms with Crippen molar-refractivity contribution in [2.45, 2.75) is 51.3 Å². The monoisotopic (exact) mass is 281 g/mol. The van der Waals surface area contributed by atoms with Crippen molar-refractivity contribution in [1.82, 2.24) is 5.32 Å². The molecule has 0 spiro atoms. The van der Waals surface area contributed by atoms with Gasteiger partial charge in [-0.3, -0.25) is 4.79 Å². The molecular weight excluding hydrogens is 258 g/mol. The van der Waals surface area contributed by atoms with Gasteiger partial charge in [0.2, 0.25) is 0 Å². The largest absolute Gasteiger partial charge is 0.352 e. The van der Waals surface area contributed by atoms with Crippen LogP contribution in [0.2, 0.25) is 0 Å². The number of amides is 1. The second-order valence-electron chi connectivity index (χ2n) is 6.01. The first-order valence-electron chi connectivity index (χ1n) is 6.83. The van der Waals surface area contributed by atoms with E-state index in [0.717, 1.165) is 12.8 Å². The molecule has 1 atom stereocenters. The van der Waals surface area contributed by atoms with Gasteiger partial charge in [0.1, 0.15) is 0 Å². The smallest absolute Gasteiger partial charge is 0.251 e. The van der Waals surface area contributed by atoms with Gasteiger partial charge in [-0.15, -0.1) is 11.6 Å². The number of halogens is 1. The van der Waals surface area contributed by atoms with Crippen LogP contribution in [0.25, 0.3) is 0 Å². The number of benzene rings is 1. The molecule has 0 aliphatic rings. The van der Waals surface area contributed by atoms with Gasteiger partial charge in [0.25, 0.3) is 5.91 Å². The van der Waals surface area contributed by atoms with E-state index in [1.54, 1.807) is 0 Å². The number of carbonyl (C=O) groups excluding carboxylic acids is 1. The van der Waals surface area contributed by atoms with E-state index in [0.29, 0.717) is 12.1 Å². The standard InChI is InChI=1S/C16H24ClNO/c1-12(17)6-5-11-18-15(19)13-7-9-14(10-8-13)16(2,3)4/h7-10,12H,5-6,11H2,1-4H3,(H,18,19). The Labute approximate surface area is 121 Å². The van der Waals surface area contributed by atoms with Crippen molar-refractivity contribution in [3.63, 3.8) is 0 Å². The number of nitrogens with one attached hydrogen (secondary N) is 1. The normalized spacial score (nSPS) is 13.1. The number of hydrogen-bond acceptors (Lipinski definition) is 1. The van der Waals surface area contributed by atoms with Gasteiger partial charge < -0.3 is 5.32 Å². The van der Waals surface area contributed by atoms with Crippen LogP contribution in [0.3, 0.4) is 0 Å². The first kappa shape index (κ1) is 16.0. The van der Waals surface area contributed by atoms with Crippen LogP contribution in [0.4, 0.5) is 0 Å². The molecule has 106 valence electrons. The minimum absolute atomic E-state index is 0.0114. The Balaban J connectivity index is 2.49. The fraction of sp³-hybridized carbons (Fsp3) is 0.562. The molecule has 1 amide bonds. The molecule has 0 saturated carbocycles. The molecule has 3 heteroatoms. The lowest BCUT2D eigenvalue weighted by molar-refractivity contribution is 0.0953. The Morgan fingerprint density at radius 2 is 1.84 bits per heavy atom. The van der Waals surface area contributed by atoms with Crippen LogP contribution in [0, 0.1) is 0 Å². The molecule has 1 aromatic carbocycles. The summed E-state index contributed by atoms with van der Waals surface area (Å²) in [6, 6.07) is 7.83. The van der Waals surface area contributed by atoms with Crippen molar-refractivity contribution in [2.75, 3.05) is 6.54 Å². The first-order valence-corrected chi connectivity index (χ1v) is 7.27. The highest BCUT2D eigenvalue weighted by atomic mass is 35.5. The fourth-order valence-electron chi connectivity index (χ4n) is 1.81. The molecule has 0 bridgehead atoms. The predicted molar refractivity (Wildman–Crippen MR) is 82.0 cm³/mol. The predicted octanol–water partition coefficient (Wildman–Crippen LogP) is 4.12. The average molecular weight is 282 g/mol. The van der Waals surface area contributed by atoms with Crippen molar-refractivity contribution in [2.24, 2.45) is 0 Å². The van der Waals surface area contributed by atoms with E-state index in [-0.39, 0.29) is 16.7 Å².